The van der Waals surface area contributed by atoms with E-state index in [4.69, 9.17) is 5.73 Å². The Bertz CT molecular complexity index is 477. The first-order chi connectivity index (χ1) is 9.49. The van der Waals surface area contributed by atoms with Crippen molar-refractivity contribution < 1.29 is 4.79 Å². The average molecular weight is 275 g/mol. The zero-order valence-corrected chi connectivity index (χ0v) is 12.6. The van der Waals surface area contributed by atoms with Gasteiger partial charge in [-0.25, -0.2) is 0 Å². The van der Waals surface area contributed by atoms with E-state index in [9.17, 15) is 4.79 Å². The summed E-state index contributed by atoms with van der Waals surface area (Å²) in [4.78, 5) is 11.7. The van der Waals surface area contributed by atoms with Gasteiger partial charge in [0.15, 0.2) is 0 Å². The minimum atomic E-state index is -0.0848. The molecule has 4 N–H and O–H groups in total. The first kappa shape index (κ1) is 14.7. The topological polar surface area (TPSA) is 67.2 Å². The highest BCUT2D eigenvalue weighted by molar-refractivity contribution is 5.96. The molecular weight excluding hydrogens is 250 g/mol. The molecule has 0 aromatic heterocycles. The number of carbonyl (C=O) groups excluding carboxylic acids is 1. The summed E-state index contributed by atoms with van der Waals surface area (Å²) in [5.41, 5.74) is 8.23. The Morgan fingerprint density at radius 2 is 1.85 bits per heavy atom. The molecule has 1 aliphatic carbocycles. The molecule has 4 heteroatoms. The molecule has 1 amide bonds. The molecule has 2 rings (SSSR count). The van der Waals surface area contributed by atoms with Crippen LogP contribution in [0.3, 0.4) is 0 Å². The van der Waals surface area contributed by atoms with Crippen molar-refractivity contribution in [3.63, 3.8) is 0 Å². The van der Waals surface area contributed by atoms with E-state index in [0.717, 1.165) is 30.4 Å². The zero-order chi connectivity index (χ0) is 14.7. The van der Waals surface area contributed by atoms with Crippen molar-refractivity contribution in [2.75, 3.05) is 18.1 Å². The number of benzene rings is 1. The minimum Gasteiger partial charge on any atom is -0.397 e. The summed E-state index contributed by atoms with van der Waals surface area (Å²) >= 11 is 0. The summed E-state index contributed by atoms with van der Waals surface area (Å²) in [5, 5.41) is 6.16. The Hall–Kier alpha value is -1.71. The van der Waals surface area contributed by atoms with Crippen LogP contribution in [-0.4, -0.2) is 19.0 Å². The van der Waals surface area contributed by atoms with Gasteiger partial charge in [0, 0.05) is 18.7 Å². The Labute approximate surface area is 121 Å². The monoisotopic (exact) mass is 275 g/mol. The number of amides is 1. The molecule has 110 valence electrons. The Morgan fingerprint density at radius 1 is 1.20 bits per heavy atom. The molecule has 0 aliphatic heterocycles. The van der Waals surface area contributed by atoms with Gasteiger partial charge in [-0.1, -0.05) is 13.8 Å². The number of hydrogen-bond donors (Lipinski definition) is 3. The van der Waals surface area contributed by atoms with E-state index in [1.165, 1.54) is 6.42 Å². The number of hydrogen-bond acceptors (Lipinski definition) is 3. The van der Waals surface area contributed by atoms with Crippen molar-refractivity contribution >= 4 is 17.3 Å². The van der Waals surface area contributed by atoms with E-state index in [1.54, 1.807) is 19.2 Å². The lowest BCUT2D eigenvalue weighted by atomic mass is 9.80. The van der Waals surface area contributed by atoms with Gasteiger partial charge in [0.05, 0.1) is 11.4 Å². The predicted molar refractivity (Wildman–Crippen MR) is 83.8 cm³/mol. The molecule has 1 aromatic carbocycles. The molecule has 1 aromatic rings. The van der Waals surface area contributed by atoms with E-state index in [1.807, 2.05) is 6.07 Å². The highest BCUT2D eigenvalue weighted by atomic mass is 16.1. The summed E-state index contributed by atoms with van der Waals surface area (Å²) in [6.07, 6.45) is 3.62. The lowest BCUT2D eigenvalue weighted by Crippen LogP contribution is -2.30. The van der Waals surface area contributed by atoms with E-state index < -0.39 is 0 Å². The van der Waals surface area contributed by atoms with Crippen LogP contribution in [0.1, 0.15) is 43.5 Å². The number of carbonyl (C=O) groups is 1. The van der Waals surface area contributed by atoms with Crippen molar-refractivity contribution in [2.45, 2.75) is 39.2 Å². The SMILES string of the molecule is CNC(=O)c1ccc(N)c(NC2CC(C)CC(C)C2)c1. The Morgan fingerprint density at radius 3 is 2.45 bits per heavy atom. The fourth-order valence-corrected chi connectivity index (χ4v) is 3.25. The van der Waals surface area contributed by atoms with Crippen LogP contribution in [0.15, 0.2) is 18.2 Å². The molecule has 1 aliphatic rings. The van der Waals surface area contributed by atoms with Crippen LogP contribution < -0.4 is 16.4 Å². The lowest BCUT2D eigenvalue weighted by molar-refractivity contribution is 0.0963. The normalized spacial score (nSPS) is 26.1. The fraction of sp³-hybridized carbons (Fsp3) is 0.562. The number of nitrogen functional groups attached to an aromatic ring is 1. The number of anilines is 2. The second-order valence-electron chi connectivity index (χ2n) is 6.14. The van der Waals surface area contributed by atoms with Crippen molar-refractivity contribution in [2.24, 2.45) is 11.8 Å². The van der Waals surface area contributed by atoms with E-state index in [2.05, 4.69) is 24.5 Å². The highest BCUT2D eigenvalue weighted by Gasteiger charge is 2.24. The second kappa shape index (κ2) is 6.16. The van der Waals surface area contributed by atoms with Crippen LogP contribution in [0, 0.1) is 11.8 Å². The van der Waals surface area contributed by atoms with Crippen molar-refractivity contribution in [3.05, 3.63) is 23.8 Å². The molecule has 2 unspecified atom stereocenters. The van der Waals surface area contributed by atoms with Crippen LogP contribution >= 0.6 is 0 Å². The maximum atomic E-state index is 11.7. The van der Waals surface area contributed by atoms with Crippen molar-refractivity contribution in [1.29, 1.82) is 0 Å². The van der Waals surface area contributed by atoms with Gasteiger partial charge in [-0.05, 0) is 49.3 Å². The third-order valence-corrected chi connectivity index (χ3v) is 4.08. The molecule has 0 bridgehead atoms. The van der Waals surface area contributed by atoms with Gasteiger partial charge in [-0.3, -0.25) is 4.79 Å². The summed E-state index contributed by atoms with van der Waals surface area (Å²) < 4.78 is 0. The number of nitrogens with two attached hydrogens (primary N) is 1. The smallest absolute Gasteiger partial charge is 0.251 e. The van der Waals surface area contributed by atoms with Gasteiger partial charge >= 0.3 is 0 Å². The third kappa shape index (κ3) is 3.44. The third-order valence-electron chi connectivity index (χ3n) is 4.08. The molecule has 4 nitrogen and oxygen atoms in total. The van der Waals surface area contributed by atoms with E-state index >= 15 is 0 Å². The number of rotatable bonds is 3. The number of nitrogens with one attached hydrogen (secondary N) is 2. The van der Waals surface area contributed by atoms with Crippen LogP contribution in [0.5, 0.6) is 0 Å². The quantitative estimate of drug-likeness (QED) is 0.743. The molecule has 0 saturated heterocycles. The first-order valence-corrected chi connectivity index (χ1v) is 7.37. The lowest BCUT2D eigenvalue weighted by Gasteiger charge is -2.33. The molecule has 0 radical (unpaired) electrons. The fourth-order valence-electron chi connectivity index (χ4n) is 3.25. The van der Waals surface area contributed by atoms with Crippen LogP contribution in [0.25, 0.3) is 0 Å². The minimum absolute atomic E-state index is 0.0848. The molecule has 2 atom stereocenters. The van der Waals surface area contributed by atoms with E-state index in [0.29, 0.717) is 17.3 Å². The van der Waals surface area contributed by atoms with Gasteiger partial charge < -0.3 is 16.4 Å². The summed E-state index contributed by atoms with van der Waals surface area (Å²) in [7, 11) is 1.64. The van der Waals surface area contributed by atoms with Gasteiger partial charge in [-0.15, -0.1) is 0 Å². The van der Waals surface area contributed by atoms with Gasteiger partial charge in [0.1, 0.15) is 0 Å². The molecular formula is C16H25N3O. The molecule has 1 fully saturated rings. The first-order valence-electron chi connectivity index (χ1n) is 7.37. The largest absolute Gasteiger partial charge is 0.397 e. The van der Waals surface area contributed by atoms with Gasteiger partial charge in [-0.2, -0.15) is 0 Å². The van der Waals surface area contributed by atoms with Crippen molar-refractivity contribution in [3.8, 4) is 0 Å². The molecule has 0 heterocycles. The molecule has 0 spiro atoms. The maximum Gasteiger partial charge on any atom is 0.251 e. The summed E-state index contributed by atoms with van der Waals surface area (Å²) in [6, 6.07) is 5.84. The molecule has 20 heavy (non-hydrogen) atoms. The van der Waals surface area contributed by atoms with Gasteiger partial charge in [0.2, 0.25) is 0 Å². The summed E-state index contributed by atoms with van der Waals surface area (Å²) in [6.45, 7) is 4.60. The van der Waals surface area contributed by atoms with Crippen LogP contribution in [0.4, 0.5) is 11.4 Å². The predicted octanol–water partition coefficient (Wildman–Crippen LogP) is 2.87. The molecule has 1 saturated carbocycles. The van der Waals surface area contributed by atoms with Crippen molar-refractivity contribution in [1.82, 2.24) is 5.32 Å². The second-order valence-corrected chi connectivity index (χ2v) is 6.14. The van der Waals surface area contributed by atoms with Crippen LogP contribution in [-0.2, 0) is 0 Å². The Kier molecular flexibility index (Phi) is 4.53. The summed E-state index contributed by atoms with van der Waals surface area (Å²) in [5.74, 6) is 1.39. The standard InChI is InChI=1S/C16H25N3O/c1-10-6-11(2)8-13(7-10)19-15-9-12(16(20)18-3)4-5-14(15)17/h4-5,9-11,13,19H,6-8,17H2,1-3H3,(H,18,20). The van der Waals surface area contributed by atoms with E-state index in [-0.39, 0.29) is 5.91 Å². The maximum absolute atomic E-state index is 11.7. The van der Waals surface area contributed by atoms with Gasteiger partial charge in [0.25, 0.3) is 5.91 Å². The zero-order valence-electron chi connectivity index (χ0n) is 12.6. The Balaban J connectivity index is 2.13. The highest BCUT2D eigenvalue weighted by Crippen LogP contribution is 2.32. The average Bonchev–Trinajstić information content (AvgIpc) is 2.39. The van der Waals surface area contributed by atoms with Crippen LogP contribution in [0.2, 0.25) is 0 Å².